The van der Waals surface area contributed by atoms with Gasteiger partial charge in [-0.05, 0) is 67.6 Å². The smallest absolute Gasteiger partial charge is 0.328 e. The van der Waals surface area contributed by atoms with Crippen molar-refractivity contribution in [1.82, 2.24) is 10.6 Å². The average Bonchev–Trinajstić information content (AvgIpc) is 3.25. The number of carbonyl (C=O) groups is 5. The Balaban J connectivity index is 0.000000195. The number of nitrogens with one attached hydrogen (secondary N) is 2. The molecule has 1 aromatic rings. The number of ketones is 2. The fourth-order valence-electron chi connectivity index (χ4n) is 9.41. The minimum absolute atomic E-state index is 0.00620. The summed E-state index contributed by atoms with van der Waals surface area (Å²) in [5, 5.41) is 36.1. The van der Waals surface area contributed by atoms with Gasteiger partial charge in [-0.25, -0.2) is 4.79 Å². The standard InChI is InChI=1S/C22H30O5.C12H12N2O3/c1-12-8-14-15-5-7-22(27,18(26)11-23)21(15,3)10-17(25)19(14)20(2)6-4-13(24)9-16(12)20;1-2-12(8-6-4-3-5-7-8)9(15)13-11(17)14-10(12)16/h4,6,9,12,14-15,17,19,23,25,27H,5,7-8,10-11H2,1-3H3;3-7H,2H2,1H3,(H2,13,14,15,16,17)/t12-,14-,15-,17-,19+,20-,21-,22-;/m0./s1. The lowest BCUT2D eigenvalue weighted by molar-refractivity contribution is -0.180. The number of barbiturate groups is 1. The van der Waals surface area contributed by atoms with E-state index >= 15 is 0 Å². The summed E-state index contributed by atoms with van der Waals surface area (Å²) in [6.45, 7) is 7.22. The van der Waals surface area contributed by atoms with E-state index in [1.807, 2.05) is 13.0 Å². The number of amides is 4. The Kier molecular flexibility index (Phi) is 8.10. The molecular weight excluding hydrogens is 564 g/mol. The topological polar surface area (TPSA) is 170 Å². The van der Waals surface area contributed by atoms with Crippen LogP contribution in [0, 0.1) is 34.5 Å². The van der Waals surface area contributed by atoms with Crippen molar-refractivity contribution >= 4 is 29.4 Å². The monoisotopic (exact) mass is 606 g/mol. The van der Waals surface area contributed by atoms with Gasteiger partial charge in [-0.15, -0.1) is 0 Å². The molecule has 10 heteroatoms. The lowest BCUT2D eigenvalue weighted by Crippen LogP contribution is -2.64. The van der Waals surface area contributed by atoms with Gasteiger partial charge in [-0.3, -0.25) is 29.8 Å². The van der Waals surface area contributed by atoms with Crippen LogP contribution in [0.25, 0.3) is 0 Å². The van der Waals surface area contributed by atoms with E-state index in [1.165, 1.54) is 0 Å². The van der Waals surface area contributed by atoms with Gasteiger partial charge < -0.3 is 15.3 Å². The first-order valence-electron chi connectivity index (χ1n) is 15.4. The van der Waals surface area contributed by atoms with Crippen LogP contribution < -0.4 is 10.6 Å². The lowest BCUT2D eigenvalue weighted by Gasteiger charge is -2.60. The Morgan fingerprint density at radius 2 is 1.68 bits per heavy atom. The molecule has 1 aromatic carbocycles. The molecule has 1 heterocycles. The zero-order chi connectivity index (χ0) is 32.2. The molecule has 4 aliphatic carbocycles. The molecule has 1 aliphatic heterocycles. The summed E-state index contributed by atoms with van der Waals surface area (Å²) in [6.07, 6.45) is 7.16. The van der Waals surface area contributed by atoms with Gasteiger partial charge in [0.2, 0.25) is 11.8 Å². The molecule has 236 valence electrons. The van der Waals surface area contributed by atoms with E-state index in [1.54, 1.807) is 49.4 Å². The number of hydrogen-bond acceptors (Lipinski definition) is 8. The third-order valence-corrected chi connectivity index (χ3v) is 11.6. The second-order valence-electron chi connectivity index (χ2n) is 13.6. The number of aliphatic hydroxyl groups is 3. The first-order valence-corrected chi connectivity index (χ1v) is 15.4. The van der Waals surface area contributed by atoms with Crippen molar-refractivity contribution in [2.75, 3.05) is 6.61 Å². The highest BCUT2D eigenvalue weighted by Gasteiger charge is 2.68. The van der Waals surface area contributed by atoms with Crippen molar-refractivity contribution in [3.8, 4) is 0 Å². The van der Waals surface area contributed by atoms with E-state index in [9.17, 15) is 39.3 Å². The van der Waals surface area contributed by atoms with Crippen LogP contribution in [0.5, 0.6) is 0 Å². The molecule has 10 nitrogen and oxygen atoms in total. The number of fused-ring (bicyclic) bond motifs is 5. The molecule has 4 fully saturated rings. The van der Waals surface area contributed by atoms with E-state index in [4.69, 9.17) is 0 Å². The van der Waals surface area contributed by atoms with Crippen LogP contribution in [0.3, 0.4) is 0 Å². The summed E-state index contributed by atoms with van der Waals surface area (Å²) < 4.78 is 0. The molecule has 0 radical (unpaired) electrons. The van der Waals surface area contributed by atoms with Gasteiger partial charge in [0, 0.05) is 16.7 Å². The molecule has 8 atom stereocenters. The lowest BCUT2D eigenvalue weighted by atomic mass is 9.45. The average molecular weight is 607 g/mol. The van der Waals surface area contributed by atoms with Gasteiger partial charge in [0.05, 0.1) is 6.10 Å². The fraction of sp³-hybridized carbons (Fsp3) is 0.559. The van der Waals surface area contributed by atoms with Gasteiger partial charge in [-0.2, -0.15) is 0 Å². The number of Topliss-reactive ketones (excluding diaryl/α,β-unsaturated/α-hetero) is 1. The van der Waals surface area contributed by atoms with E-state index in [0.29, 0.717) is 24.8 Å². The zero-order valence-electron chi connectivity index (χ0n) is 25.6. The van der Waals surface area contributed by atoms with Gasteiger partial charge in [-0.1, -0.05) is 69.7 Å². The number of rotatable bonds is 4. The Morgan fingerprint density at radius 1 is 1.05 bits per heavy atom. The molecule has 0 spiro atoms. The van der Waals surface area contributed by atoms with Gasteiger partial charge in [0.25, 0.3) is 0 Å². The van der Waals surface area contributed by atoms with Crippen LogP contribution in [0.1, 0.15) is 65.4 Å². The Hall–Kier alpha value is -3.47. The first kappa shape index (κ1) is 31.9. The van der Waals surface area contributed by atoms with Crippen LogP contribution >= 0.6 is 0 Å². The highest BCUT2D eigenvalue weighted by molar-refractivity contribution is 6.22. The molecule has 1 saturated heterocycles. The largest absolute Gasteiger partial charge is 0.393 e. The molecule has 0 aromatic heterocycles. The Labute approximate surface area is 257 Å². The molecule has 6 rings (SSSR count). The summed E-state index contributed by atoms with van der Waals surface area (Å²) in [5.74, 6) is -1.22. The highest BCUT2D eigenvalue weighted by Crippen LogP contribution is 2.67. The maximum Gasteiger partial charge on any atom is 0.328 e. The highest BCUT2D eigenvalue weighted by atomic mass is 16.3. The minimum atomic E-state index is -1.57. The number of benzene rings is 1. The summed E-state index contributed by atoms with van der Waals surface area (Å²) in [6, 6.07) is 7.96. The minimum Gasteiger partial charge on any atom is -0.393 e. The number of aliphatic hydroxyl groups excluding tert-OH is 2. The maximum absolute atomic E-state index is 12.4. The molecule has 44 heavy (non-hydrogen) atoms. The third kappa shape index (κ3) is 4.52. The maximum atomic E-state index is 12.4. The van der Waals surface area contributed by atoms with Crippen LogP contribution in [-0.4, -0.2) is 63.0 Å². The van der Waals surface area contributed by atoms with Crippen molar-refractivity contribution in [1.29, 1.82) is 0 Å². The number of urea groups is 1. The molecular formula is C34H42N2O8. The zero-order valence-corrected chi connectivity index (χ0v) is 25.6. The normalized spacial score (nSPS) is 38.6. The van der Waals surface area contributed by atoms with Crippen molar-refractivity contribution in [3.05, 3.63) is 59.7 Å². The van der Waals surface area contributed by atoms with Crippen LogP contribution in [-0.2, 0) is 24.6 Å². The van der Waals surface area contributed by atoms with E-state index in [-0.39, 0.29) is 34.9 Å². The van der Waals surface area contributed by atoms with Crippen LogP contribution in [0.15, 0.2) is 54.1 Å². The summed E-state index contributed by atoms with van der Waals surface area (Å²) in [4.78, 5) is 59.4. The Bertz CT molecular complexity index is 1430. The SMILES string of the molecule is CCC1(c2ccccc2)C(=O)NC(=O)NC1=O.C[C@H]1C[C@@H]2[C@H]([C@@H](O)C[C@@]3(C)[C@H]2CC[C@]3(O)C(=O)CO)[C@@]2(C)C=CC(=O)C=C12. The van der Waals surface area contributed by atoms with Crippen LogP contribution in [0.2, 0.25) is 0 Å². The number of hydrogen-bond donors (Lipinski definition) is 5. The summed E-state index contributed by atoms with van der Waals surface area (Å²) >= 11 is 0. The number of imide groups is 2. The number of allylic oxidation sites excluding steroid dienone is 4. The number of carbonyl (C=O) groups excluding carboxylic acids is 5. The fourth-order valence-corrected chi connectivity index (χ4v) is 9.41. The van der Waals surface area contributed by atoms with Crippen molar-refractivity contribution in [2.45, 2.75) is 76.9 Å². The van der Waals surface area contributed by atoms with Crippen molar-refractivity contribution < 1.29 is 39.3 Å². The molecule has 5 N–H and O–H groups in total. The molecule has 4 amide bonds. The van der Waals surface area contributed by atoms with Gasteiger partial charge in [0.15, 0.2) is 17.0 Å². The summed E-state index contributed by atoms with van der Waals surface area (Å²) in [5.41, 5.74) is -2.31. The molecule has 5 aliphatic rings. The van der Waals surface area contributed by atoms with Crippen LogP contribution in [0.4, 0.5) is 4.79 Å². The van der Waals surface area contributed by atoms with E-state index in [2.05, 4.69) is 24.5 Å². The second kappa shape index (κ2) is 11.2. The summed E-state index contributed by atoms with van der Waals surface area (Å²) in [7, 11) is 0. The van der Waals surface area contributed by atoms with Gasteiger partial charge >= 0.3 is 6.03 Å². The molecule has 0 bridgehead atoms. The molecule has 3 saturated carbocycles. The Morgan fingerprint density at radius 3 is 2.27 bits per heavy atom. The van der Waals surface area contributed by atoms with Crippen molar-refractivity contribution in [3.63, 3.8) is 0 Å². The predicted octanol–water partition coefficient (Wildman–Crippen LogP) is 2.50. The second-order valence-corrected chi connectivity index (χ2v) is 13.6. The quantitative estimate of drug-likeness (QED) is 0.326. The van der Waals surface area contributed by atoms with Crippen molar-refractivity contribution in [2.24, 2.45) is 34.5 Å². The van der Waals surface area contributed by atoms with E-state index < -0.39 is 52.8 Å². The third-order valence-electron chi connectivity index (χ3n) is 11.6. The van der Waals surface area contributed by atoms with Gasteiger partial charge in [0.1, 0.15) is 12.2 Å². The first-order chi connectivity index (χ1) is 20.7. The predicted molar refractivity (Wildman–Crippen MR) is 160 cm³/mol. The van der Waals surface area contributed by atoms with E-state index in [0.717, 1.165) is 18.4 Å². The molecule has 0 unspecified atom stereocenters.